The number of carbonyl (C=O) groups is 1. The number of Topliss-reactive ketones (excluding diaryl/α,β-unsaturated/α-hetero) is 1. The fourth-order valence-electron chi connectivity index (χ4n) is 6.11. The molecule has 182 valence electrons. The molecule has 0 aromatic carbocycles. The van der Waals surface area contributed by atoms with Gasteiger partial charge in [-0.1, -0.05) is 38.8 Å². The average Bonchev–Trinajstić information content (AvgIpc) is 3.31. The van der Waals surface area contributed by atoms with Gasteiger partial charge >= 0.3 is 0 Å². The number of ketones is 1. The Balaban J connectivity index is 1.45. The van der Waals surface area contributed by atoms with E-state index in [-0.39, 0.29) is 30.7 Å². The maximum absolute atomic E-state index is 12.2. The summed E-state index contributed by atoms with van der Waals surface area (Å²) in [6.07, 6.45) is 17.2. The number of carbonyl (C=O) groups excluding carboxylic acids is 1. The molecule has 32 heavy (non-hydrogen) atoms. The van der Waals surface area contributed by atoms with Crippen LogP contribution in [0.5, 0.6) is 0 Å². The zero-order chi connectivity index (χ0) is 22.3. The minimum atomic E-state index is -0.0884. The van der Waals surface area contributed by atoms with E-state index in [1.165, 1.54) is 25.7 Å². The lowest BCUT2D eigenvalue weighted by Crippen LogP contribution is -2.32. The molecule has 2 aliphatic carbocycles. The van der Waals surface area contributed by atoms with Gasteiger partial charge in [0.1, 0.15) is 5.78 Å². The van der Waals surface area contributed by atoms with Crippen molar-refractivity contribution < 1.29 is 23.7 Å². The summed E-state index contributed by atoms with van der Waals surface area (Å²) in [5.41, 5.74) is 0. The first-order valence-corrected chi connectivity index (χ1v) is 13.4. The second-order valence-corrected chi connectivity index (χ2v) is 10.6. The largest absolute Gasteiger partial charge is 0.353 e. The summed E-state index contributed by atoms with van der Waals surface area (Å²) in [4.78, 5) is 12.2. The predicted molar refractivity (Wildman–Crippen MR) is 124 cm³/mol. The summed E-state index contributed by atoms with van der Waals surface area (Å²) >= 11 is 0. The molecule has 2 unspecified atom stereocenters. The second kappa shape index (κ2) is 12.1. The van der Waals surface area contributed by atoms with Crippen LogP contribution in [0.25, 0.3) is 0 Å². The zero-order valence-electron chi connectivity index (χ0n) is 20.2. The van der Waals surface area contributed by atoms with Crippen LogP contribution >= 0.6 is 0 Å². The van der Waals surface area contributed by atoms with Crippen molar-refractivity contribution in [3.05, 3.63) is 12.2 Å². The molecular weight excluding hydrogens is 404 g/mol. The van der Waals surface area contributed by atoms with Gasteiger partial charge in [0.05, 0.1) is 12.2 Å². The van der Waals surface area contributed by atoms with Gasteiger partial charge in [-0.3, -0.25) is 4.79 Å². The highest BCUT2D eigenvalue weighted by atomic mass is 16.7. The quantitative estimate of drug-likeness (QED) is 0.395. The standard InChI is InChI=1S/C27H44O5/c1-3-4-9-19(2)24(31-26-10-5-7-14-29-26)13-12-22-23-18-21(28)16-20(23)17-25(22)32-27-11-6-8-15-30-27/h12-13,19-20,22-27H,3-11,14-18H2,1-2H3/t19-,20+,22-,23+,24+,25-,26?,27?/m1/s1. The predicted octanol–water partition coefficient (Wildman–Crippen LogP) is 5.81. The van der Waals surface area contributed by atoms with Crippen molar-refractivity contribution in [3.63, 3.8) is 0 Å². The van der Waals surface area contributed by atoms with Gasteiger partial charge in [0.25, 0.3) is 0 Å². The van der Waals surface area contributed by atoms with Crippen molar-refractivity contribution >= 4 is 5.78 Å². The molecule has 2 saturated heterocycles. The molecular formula is C27H44O5. The summed E-state index contributed by atoms with van der Waals surface area (Å²) < 4.78 is 24.8. The number of ether oxygens (including phenoxy) is 4. The normalized spacial score (nSPS) is 37.6. The van der Waals surface area contributed by atoms with Crippen LogP contribution < -0.4 is 0 Å². The molecule has 5 nitrogen and oxygen atoms in total. The van der Waals surface area contributed by atoms with Crippen molar-refractivity contribution in [2.75, 3.05) is 13.2 Å². The van der Waals surface area contributed by atoms with Crippen LogP contribution in [0.15, 0.2) is 12.2 Å². The molecule has 5 heteroatoms. The van der Waals surface area contributed by atoms with E-state index in [9.17, 15) is 4.79 Å². The van der Waals surface area contributed by atoms with Gasteiger partial charge in [0.15, 0.2) is 12.6 Å². The molecule has 0 amide bonds. The number of hydrogen-bond acceptors (Lipinski definition) is 5. The van der Waals surface area contributed by atoms with E-state index >= 15 is 0 Å². The van der Waals surface area contributed by atoms with Gasteiger partial charge in [-0.15, -0.1) is 0 Å². The summed E-state index contributed by atoms with van der Waals surface area (Å²) in [5.74, 6) is 2.01. The SMILES string of the molecule is CCCC[C@@H](C)[C@H](C=C[C@@H]1[C@H]2CC(=O)C[C@H]2C[C@H]1OC1CCCCO1)OC1CCCCO1. The number of hydrogen-bond donors (Lipinski definition) is 0. The zero-order valence-corrected chi connectivity index (χ0v) is 20.2. The summed E-state index contributed by atoms with van der Waals surface area (Å²) in [7, 11) is 0. The Bertz CT molecular complexity index is 607. The highest BCUT2D eigenvalue weighted by Crippen LogP contribution is 2.48. The van der Waals surface area contributed by atoms with Crippen molar-refractivity contribution in [2.24, 2.45) is 23.7 Å². The summed E-state index contributed by atoms with van der Waals surface area (Å²) in [5, 5.41) is 0. The summed E-state index contributed by atoms with van der Waals surface area (Å²) in [6, 6.07) is 0. The van der Waals surface area contributed by atoms with Crippen molar-refractivity contribution in [3.8, 4) is 0 Å². The van der Waals surface area contributed by atoms with E-state index in [2.05, 4.69) is 26.0 Å². The molecule has 8 atom stereocenters. The fraction of sp³-hybridized carbons (Fsp3) is 0.889. The Labute approximate surface area is 194 Å². The van der Waals surface area contributed by atoms with E-state index in [4.69, 9.17) is 18.9 Å². The van der Waals surface area contributed by atoms with E-state index in [1.807, 2.05) is 0 Å². The minimum Gasteiger partial charge on any atom is -0.353 e. The van der Waals surface area contributed by atoms with Gasteiger partial charge in [-0.2, -0.15) is 0 Å². The smallest absolute Gasteiger partial charge is 0.158 e. The molecule has 0 N–H and O–H groups in total. The molecule has 0 bridgehead atoms. The summed E-state index contributed by atoms with van der Waals surface area (Å²) in [6.45, 7) is 6.15. The fourth-order valence-corrected chi connectivity index (χ4v) is 6.11. The van der Waals surface area contributed by atoms with Crippen molar-refractivity contribution in [2.45, 2.75) is 116 Å². The van der Waals surface area contributed by atoms with Crippen LogP contribution in [0, 0.1) is 23.7 Å². The highest BCUT2D eigenvalue weighted by molar-refractivity contribution is 5.81. The molecule has 4 rings (SSSR count). The van der Waals surface area contributed by atoms with Crippen LogP contribution in [0.2, 0.25) is 0 Å². The minimum absolute atomic E-state index is 0.0485. The molecule has 4 fully saturated rings. The molecule has 0 aromatic rings. The highest BCUT2D eigenvalue weighted by Gasteiger charge is 2.48. The van der Waals surface area contributed by atoms with Gasteiger partial charge < -0.3 is 18.9 Å². The maximum Gasteiger partial charge on any atom is 0.158 e. The van der Waals surface area contributed by atoms with Crippen LogP contribution in [-0.2, 0) is 23.7 Å². The van der Waals surface area contributed by atoms with Gasteiger partial charge in [0.2, 0.25) is 0 Å². The Morgan fingerprint density at radius 1 is 1.06 bits per heavy atom. The van der Waals surface area contributed by atoms with E-state index < -0.39 is 0 Å². The molecule has 0 radical (unpaired) electrons. The lowest BCUT2D eigenvalue weighted by molar-refractivity contribution is -0.193. The first-order valence-electron chi connectivity index (χ1n) is 13.4. The van der Waals surface area contributed by atoms with E-state index in [0.29, 0.717) is 30.0 Å². The van der Waals surface area contributed by atoms with Gasteiger partial charge in [0, 0.05) is 32.0 Å². The van der Waals surface area contributed by atoms with Crippen LogP contribution in [0.1, 0.15) is 90.9 Å². The van der Waals surface area contributed by atoms with Gasteiger partial charge in [-0.25, -0.2) is 0 Å². The maximum atomic E-state index is 12.2. The number of fused-ring (bicyclic) bond motifs is 1. The first-order chi connectivity index (χ1) is 15.6. The Morgan fingerprint density at radius 2 is 1.81 bits per heavy atom. The van der Waals surface area contributed by atoms with E-state index in [1.54, 1.807) is 0 Å². The third-order valence-corrected chi connectivity index (χ3v) is 8.03. The van der Waals surface area contributed by atoms with Crippen LogP contribution in [-0.4, -0.2) is 43.8 Å². The van der Waals surface area contributed by atoms with Crippen LogP contribution in [0.3, 0.4) is 0 Å². The molecule has 4 aliphatic rings. The molecule has 2 heterocycles. The van der Waals surface area contributed by atoms with Crippen LogP contribution in [0.4, 0.5) is 0 Å². The van der Waals surface area contributed by atoms with E-state index in [0.717, 1.165) is 58.2 Å². The Kier molecular flexibility index (Phi) is 9.22. The monoisotopic (exact) mass is 448 g/mol. The first kappa shape index (κ1) is 24.4. The van der Waals surface area contributed by atoms with Gasteiger partial charge in [-0.05, 0) is 69.1 Å². The Morgan fingerprint density at radius 3 is 2.50 bits per heavy atom. The second-order valence-electron chi connectivity index (χ2n) is 10.6. The third kappa shape index (κ3) is 6.43. The molecule has 2 aliphatic heterocycles. The van der Waals surface area contributed by atoms with Crippen molar-refractivity contribution in [1.29, 1.82) is 0 Å². The number of unbranched alkanes of at least 4 members (excludes halogenated alkanes) is 1. The topological polar surface area (TPSA) is 54.0 Å². The lowest BCUT2D eigenvalue weighted by atomic mass is 9.89. The Hall–Kier alpha value is -0.750. The average molecular weight is 449 g/mol. The number of rotatable bonds is 10. The molecule has 0 aromatic heterocycles. The molecule has 0 spiro atoms. The van der Waals surface area contributed by atoms with Crippen molar-refractivity contribution in [1.82, 2.24) is 0 Å². The third-order valence-electron chi connectivity index (χ3n) is 8.03. The lowest BCUT2D eigenvalue weighted by Gasteiger charge is -2.31. The molecule has 2 saturated carbocycles.